The van der Waals surface area contributed by atoms with E-state index in [1.807, 2.05) is 33.8 Å². The molecular formula is C14H17N5OS. The Bertz CT molecular complexity index is 661. The topological polar surface area (TPSA) is 68.8 Å². The normalized spacial score (nSPS) is 14.2. The summed E-state index contributed by atoms with van der Waals surface area (Å²) in [4.78, 5) is 4.39. The molecule has 3 aromatic rings. The lowest BCUT2D eigenvalue weighted by atomic mass is 10.2. The molecule has 110 valence electrons. The zero-order valence-corrected chi connectivity index (χ0v) is 12.7. The van der Waals surface area contributed by atoms with Crippen molar-refractivity contribution in [3.63, 3.8) is 0 Å². The highest BCUT2D eigenvalue weighted by Gasteiger charge is 2.15. The van der Waals surface area contributed by atoms with E-state index < -0.39 is 0 Å². The van der Waals surface area contributed by atoms with E-state index in [9.17, 15) is 0 Å². The number of hydrogen-bond acceptors (Lipinski definition) is 6. The quantitative estimate of drug-likeness (QED) is 0.758. The van der Waals surface area contributed by atoms with Crippen LogP contribution in [0.5, 0.6) is 0 Å². The van der Waals surface area contributed by atoms with Crippen LogP contribution in [-0.2, 0) is 6.54 Å². The molecule has 0 aliphatic rings. The largest absolute Gasteiger partial charge is 0.338 e. The van der Waals surface area contributed by atoms with Crippen molar-refractivity contribution < 1.29 is 4.52 Å². The van der Waals surface area contributed by atoms with Gasteiger partial charge >= 0.3 is 0 Å². The molecule has 0 bridgehead atoms. The second kappa shape index (κ2) is 6.19. The molecular weight excluding hydrogens is 286 g/mol. The Morgan fingerprint density at radius 2 is 2.33 bits per heavy atom. The molecule has 2 atom stereocenters. The van der Waals surface area contributed by atoms with Gasteiger partial charge in [-0.15, -0.1) is 0 Å². The molecule has 3 heterocycles. The predicted molar refractivity (Wildman–Crippen MR) is 80.9 cm³/mol. The Morgan fingerprint density at radius 1 is 1.43 bits per heavy atom. The first-order chi connectivity index (χ1) is 10.2. The SMILES string of the molecule is C[C@H](NCc1nc(-c2ccsc2)no1)[C@H](C)n1cccn1. The Hall–Kier alpha value is -1.99. The van der Waals surface area contributed by atoms with Crippen LogP contribution in [0.25, 0.3) is 11.4 Å². The summed E-state index contributed by atoms with van der Waals surface area (Å²) in [5, 5.41) is 15.6. The molecule has 6 nitrogen and oxygen atoms in total. The number of aromatic nitrogens is 4. The average molecular weight is 303 g/mol. The van der Waals surface area contributed by atoms with Crippen molar-refractivity contribution in [3.05, 3.63) is 41.2 Å². The van der Waals surface area contributed by atoms with E-state index in [1.54, 1.807) is 17.5 Å². The average Bonchev–Trinajstić information content (AvgIpc) is 3.25. The maximum absolute atomic E-state index is 5.27. The smallest absolute Gasteiger partial charge is 0.240 e. The van der Waals surface area contributed by atoms with Crippen molar-refractivity contribution in [2.24, 2.45) is 0 Å². The zero-order chi connectivity index (χ0) is 14.7. The summed E-state index contributed by atoms with van der Waals surface area (Å²) in [6.07, 6.45) is 3.75. The fourth-order valence-corrected chi connectivity index (χ4v) is 2.64. The lowest BCUT2D eigenvalue weighted by Gasteiger charge is -2.20. The number of rotatable bonds is 6. The van der Waals surface area contributed by atoms with Crippen molar-refractivity contribution in [1.82, 2.24) is 25.2 Å². The maximum atomic E-state index is 5.27. The van der Waals surface area contributed by atoms with Gasteiger partial charge < -0.3 is 9.84 Å². The Kier molecular flexibility index (Phi) is 4.12. The summed E-state index contributed by atoms with van der Waals surface area (Å²) >= 11 is 1.62. The van der Waals surface area contributed by atoms with Crippen LogP contribution < -0.4 is 5.32 Å². The van der Waals surface area contributed by atoms with Gasteiger partial charge in [0, 0.05) is 29.4 Å². The number of nitrogens with one attached hydrogen (secondary N) is 1. The van der Waals surface area contributed by atoms with Crippen LogP contribution in [0.3, 0.4) is 0 Å². The van der Waals surface area contributed by atoms with E-state index >= 15 is 0 Å². The van der Waals surface area contributed by atoms with Crippen LogP contribution in [-0.4, -0.2) is 26.0 Å². The molecule has 7 heteroatoms. The highest BCUT2D eigenvalue weighted by Crippen LogP contribution is 2.18. The van der Waals surface area contributed by atoms with Crippen molar-refractivity contribution in [1.29, 1.82) is 0 Å². The van der Waals surface area contributed by atoms with Crippen LogP contribution in [0.15, 0.2) is 39.8 Å². The third kappa shape index (κ3) is 3.20. The summed E-state index contributed by atoms with van der Waals surface area (Å²) in [6, 6.07) is 4.39. The van der Waals surface area contributed by atoms with Gasteiger partial charge in [-0.25, -0.2) is 0 Å². The highest BCUT2D eigenvalue weighted by molar-refractivity contribution is 7.08. The molecule has 0 aliphatic heterocycles. The molecule has 3 rings (SSSR count). The van der Waals surface area contributed by atoms with E-state index in [4.69, 9.17) is 4.52 Å². The lowest BCUT2D eigenvalue weighted by Crippen LogP contribution is -2.33. The summed E-state index contributed by atoms with van der Waals surface area (Å²) in [6.45, 7) is 4.78. The van der Waals surface area contributed by atoms with Gasteiger partial charge in [-0.2, -0.15) is 21.4 Å². The van der Waals surface area contributed by atoms with Gasteiger partial charge in [-0.3, -0.25) is 4.68 Å². The molecule has 0 saturated carbocycles. The molecule has 0 fully saturated rings. The van der Waals surface area contributed by atoms with Gasteiger partial charge in [-0.05, 0) is 31.4 Å². The van der Waals surface area contributed by atoms with Crippen LogP contribution >= 0.6 is 11.3 Å². The van der Waals surface area contributed by atoms with Crippen LogP contribution in [0.2, 0.25) is 0 Å². The molecule has 0 radical (unpaired) electrons. The third-order valence-corrected chi connectivity index (χ3v) is 4.17. The molecule has 1 N–H and O–H groups in total. The van der Waals surface area contributed by atoms with Gasteiger partial charge in [0.15, 0.2) is 0 Å². The summed E-state index contributed by atoms with van der Waals surface area (Å²) < 4.78 is 7.20. The third-order valence-electron chi connectivity index (χ3n) is 3.49. The Balaban J connectivity index is 1.58. The van der Waals surface area contributed by atoms with Gasteiger partial charge in [-0.1, -0.05) is 5.16 Å². The molecule has 0 aliphatic carbocycles. The van der Waals surface area contributed by atoms with E-state index in [0.29, 0.717) is 18.3 Å². The number of nitrogens with zero attached hydrogens (tertiary/aromatic N) is 4. The van der Waals surface area contributed by atoms with E-state index in [-0.39, 0.29) is 12.1 Å². The van der Waals surface area contributed by atoms with Crippen LogP contribution in [0.1, 0.15) is 25.8 Å². The number of thiophene rings is 1. The minimum absolute atomic E-state index is 0.237. The first kappa shape index (κ1) is 14.0. The van der Waals surface area contributed by atoms with Gasteiger partial charge in [0.2, 0.25) is 11.7 Å². The highest BCUT2D eigenvalue weighted by atomic mass is 32.1. The molecule has 3 aromatic heterocycles. The predicted octanol–water partition coefficient (Wildman–Crippen LogP) is 2.73. The van der Waals surface area contributed by atoms with Crippen molar-refractivity contribution in [2.45, 2.75) is 32.5 Å². The monoisotopic (exact) mass is 303 g/mol. The van der Waals surface area contributed by atoms with Crippen molar-refractivity contribution in [3.8, 4) is 11.4 Å². The minimum atomic E-state index is 0.237. The van der Waals surface area contributed by atoms with E-state index in [2.05, 4.69) is 34.4 Å². The molecule has 0 amide bonds. The second-order valence-electron chi connectivity index (χ2n) is 4.92. The summed E-state index contributed by atoms with van der Waals surface area (Å²) in [5.41, 5.74) is 0.993. The molecule has 0 aromatic carbocycles. The standard InChI is InChI=1S/C14H17N5OS/c1-10(11(2)19-6-3-5-16-19)15-8-13-17-14(18-20-13)12-4-7-21-9-12/h3-7,9-11,15H,8H2,1-2H3/t10-,11-/m0/s1. The molecule has 0 saturated heterocycles. The molecule has 21 heavy (non-hydrogen) atoms. The zero-order valence-electron chi connectivity index (χ0n) is 11.9. The first-order valence-electron chi connectivity index (χ1n) is 6.81. The molecule has 0 unspecified atom stereocenters. The lowest BCUT2D eigenvalue weighted by molar-refractivity contribution is 0.325. The first-order valence-corrected chi connectivity index (χ1v) is 7.76. The van der Waals surface area contributed by atoms with Crippen LogP contribution in [0, 0.1) is 0 Å². The van der Waals surface area contributed by atoms with Gasteiger partial charge in [0.25, 0.3) is 0 Å². The molecule has 0 spiro atoms. The summed E-state index contributed by atoms with van der Waals surface area (Å²) in [5.74, 6) is 1.23. The van der Waals surface area contributed by atoms with Crippen molar-refractivity contribution >= 4 is 11.3 Å². The van der Waals surface area contributed by atoms with Gasteiger partial charge in [0.05, 0.1) is 12.6 Å². The van der Waals surface area contributed by atoms with E-state index in [0.717, 1.165) is 5.56 Å². The van der Waals surface area contributed by atoms with Crippen LogP contribution in [0.4, 0.5) is 0 Å². The fraction of sp³-hybridized carbons (Fsp3) is 0.357. The van der Waals surface area contributed by atoms with Gasteiger partial charge in [0.1, 0.15) is 0 Å². The number of hydrogen-bond donors (Lipinski definition) is 1. The van der Waals surface area contributed by atoms with Crippen molar-refractivity contribution in [2.75, 3.05) is 0 Å². The van der Waals surface area contributed by atoms with E-state index in [1.165, 1.54) is 0 Å². The minimum Gasteiger partial charge on any atom is -0.338 e. The fourth-order valence-electron chi connectivity index (χ4n) is 2.01. The Morgan fingerprint density at radius 3 is 3.05 bits per heavy atom. The Labute approximate surface area is 126 Å². The summed E-state index contributed by atoms with van der Waals surface area (Å²) in [7, 11) is 0. The second-order valence-corrected chi connectivity index (χ2v) is 5.70. The maximum Gasteiger partial charge on any atom is 0.240 e.